The maximum Gasteiger partial charge on any atom is 0.159 e. The average molecular weight is 228 g/mol. The van der Waals surface area contributed by atoms with Gasteiger partial charge >= 0.3 is 0 Å². The predicted molar refractivity (Wildman–Crippen MR) is 66.2 cm³/mol. The summed E-state index contributed by atoms with van der Waals surface area (Å²) in [5.41, 5.74) is 8.57. The van der Waals surface area contributed by atoms with Crippen molar-refractivity contribution in [1.29, 1.82) is 0 Å². The summed E-state index contributed by atoms with van der Waals surface area (Å²) in [7, 11) is 0. The third kappa shape index (κ3) is 2.57. The highest BCUT2D eigenvalue weighted by Gasteiger charge is 2.05. The van der Waals surface area contributed by atoms with E-state index in [-0.39, 0.29) is 6.61 Å². The van der Waals surface area contributed by atoms with Gasteiger partial charge in [-0.1, -0.05) is 6.07 Å². The summed E-state index contributed by atoms with van der Waals surface area (Å²) in [5, 5.41) is 3.32. The Labute approximate surface area is 99.0 Å². The van der Waals surface area contributed by atoms with Crippen LogP contribution in [0.2, 0.25) is 0 Å². The standard InChI is InChI=1S/C12H12N4O/c1-14-17-8-9-4-2-6-11(16-9)12-10(13)5-3-7-15-12/h2-7H,1,8,13H2. The first kappa shape index (κ1) is 11.1. The Morgan fingerprint density at radius 3 is 2.94 bits per heavy atom. The summed E-state index contributed by atoms with van der Waals surface area (Å²) >= 11 is 0. The highest BCUT2D eigenvalue weighted by molar-refractivity contribution is 5.69. The number of nitrogens with zero attached hydrogens (tertiary/aromatic N) is 3. The van der Waals surface area contributed by atoms with Crippen LogP contribution in [0.1, 0.15) is 5.69 Å². The van der Waals surface area contributed by atoms with Gasteiger partial charge in [0.1, 0.15) is 5.69 Å². The van der Waals surface area contributed by atoms with Gasteiger partial charge in [-0.15, -0.1) is 5.16 Å². The van der Waals surface area contributed by atoms with E-state index in [0.717, 1.165) is 5.69 Å². The van der Waals surface area contributed by atoms with E-state index in [1.807, 2.05) is 18.2 Å². The molecule has 2 aromatic rings. The topological polar surface area (TPSA) is 73.4 Å². The van der Waals surface area contributed by atoms with Gasteiger partial charge in [-0.05, 0) is 24.3 Å². The molecule has 0 radical (unpaired) electrons. The lowest BCUT2D eigenvalue weighted by Gasteiger charge is -2.05. The zero-order valence-electron chi connectivity index (χ0n) is 9.21. The zero-order valence-corrected chi connectivity index (χ0v) is 9.21. The molecule has 0 bridgehead atoms. The lowest BCUT2D eigenvalue weighted by Crippen LogP contribution is -1.97. The van der Waals surface area contributed by atoms with Crippen LogP contribution < -0.4 is 5.73 Å². The Balaban J connectivity index is 2.33. The van der Waals surface area contributed by atoms with Crippen molar-refractivity contribution in [3.05, 3.63) is 42.2 Å². The van der Waals surface area contributed by atoms with Crippen LogP contribution in [0, 0.1) is 0 Å². The van der Waals surface area contributed by atoms with Crippen molar-refractivity contribution >= 4 is 12.4 Å². The molecule has 0 aliphatic heterocycles. The number of pyridine rings is 2. The quantitative estimate of drug-likeness (QED) is 0.640. The van der Waals surface area contributed by atoms with E-state index >= 15 is 0 Å². The second-order valence-electron chi connectivity index (χ2n) is 3.36. The molecule has 0 aromatic carbocycles. The van der Waals surface area contributed by atoms with Gasteiger partial charge in [-0.25, -0.2) is 4.98 Å². The van der Waals surface area contributed by atoms with Crippen LogP contribution in [-0.4, -0.2) is 16.7 Å². The third-order valence-electron chi connectivity index (χ3n) is 2.19. The molecule has 5 nitrogen and oxygen atoms in total. The van der Waals surface area contributed by atoms with E-state index in [1.54, 1.807) is 18.3 Å². The first-order chi connectivity index (χ1) is 8.31. The summed E-state index contributed by atoms with van der Waals surface area (Å²) in [4.78, 5) is 13.4. The van der Waals surface area contributed by atoms with E-state index < -0.39 is 0 Å². The molecule has 0 unspecified atom stereocenters. The lowest BCUT2D eigenvalue weighted by molar-refractivity contribution is 0.130. The second kappa shape index (κ2) is 5.07. The van der Waals surface area contributed by atoms with Crippen LogP contribution in [0.4, 0.5) is 5.69 Å². The third-order valence-corrected chi connectivity index (χ3v) is 2.19. The minimum Gasteiger partial charge on any atom is -0.397 e. The number of aromatic nitrogens is 2. The largest absolute Gasteiger partial charge is 0.397 e. The smallest absolute Gasteiger partial charge is 0.159 e. The Hall–Kier alpha value is -2.43. The number of oxime groups is 1. The molecule has 0 spiro atoms. The summed E-state index contributed by atoms with van der Waals surface area (Å²) in [6, 6.07) is 9.14. The number of anilines is 1. The van der Waals surface area contributed by atoms with E-state index in [0.29, 0.717) is 17.1 Å². The molecule has 5 heteroatoms. The molecule has 2 aromatic heterocycles. The fourth-order valence-electron chi connectivity index (χ4n) is 1.44. The molecular formula is C12H12N4O. The number of hydrogen-bond acceptors (Lipinski definition) is 5. The molecule has 0 aliphatic rings. The van der Waals surface area contributed by atoms with Crippen molar-refractivity contribution in [3.8, 4) is 11.4 Å². The molecule has 2 rings (SSSR count). The molecule has 0 fully saturated rings. The Bertz CT molecular complexity index is 527. The number of hydrogen-bond donors (Lipinski definition) is 1. The van der Waals surface area contributed by atoms with E-state index in [4.69, 9.17) is 10.6 Å². The van der Waals surface area contributed by atoms with Crippen LogP contribution in [0.25, 0.3) is 11.4 Å². The number of nitrogen functional groups attached to an aromatic ring is 1. The summed E-state index contributed by atoms with van der Waals surface area (Å²) < 4.78 is 0. The van der Waals surface area contributed by atoms with Gasteiger partial charge in [0.25, 0.3) is 0 Å². The molecule has 0 aliphatic carbocycles. The van der Waals surface area contributed by atoms with Crippen LogP contribution in [-0.2, 0) is 11.4 Å². The normalized spacial score (nSPS) is 9.88. The maximum absolute atomic E-state index is 5.84. The minimum absolute atomic E-state index is 0.282. The fourth-order valence-corrected chi connectivity index (χ4v) is 1.44. The molecule has 86 valence electrons. The van der Waals surface area contributed by atoms with E-state index in [9.17, 15) is 0 Å². The van der Waals surface area contributed by atoms with Crippen molar-refractivity contribution in [2.45, 2.75) is 6.61 Å². The van der Waals surface area contributed by atoms with Crippen molar-refractivity contribution in [2.24, 2.45) is 5.16 Å². The zero-order chi connectivity index (χ0) is 12.1. The minimum atomic E-state index is 0.282. The molecule has 2 heterocycles. The second-order valence-corrected chi connectivity index (χ2v) is 3.36. The Kier molecular flexibility index (Phi) is 3.30. The van der Waals surface area contributed by atoms with Crippen molar-refractivity contribution in [2.75, 3.05) is 5.73 Å². The van der Waals surface area contributed by atoms with Gasteiger partial charge in [0.05, 0.1) is 17.1 Å². The van der Waals surface area contributed by atoms with E-state index in [2.05, 4.69) is 21.8 Å². The molecule has 2 N–H and O–H groups in total. The average Bonchev–Trinajstić information content (AvgIpc) is 2.37. The van der Waals surface area contributed by atoms with Gasteiger partial charge in [-0.2, -0.15) is 0 Å². The molecule has 0 saturated heterocycles. The highest BCUT2D eigenvalue weighted by atomic mass is 16.6. The monoisotopic (exact) mass is 228 g/mol. The molecule has 0 saturated carbocycles. The van der Waals surface area contributed by atoms with Gasteiger partial charge in [0, 0.05) is 12.9 Å². The predicted octanol–water partition coefficient (Wildman–Crippen LogP) is 1.86. The fraction of sp³-hybridized carbons (Fsp3) is 0.0833. The SMILES string of the molecule is C=NOCc1cccc(-c2ncccc2N)n1. The van der Waals surface area contributed by atoms with Gasteiger partial charge in [0.15, 0.2) is 6.61 Å². The first-order valence-electron chi connectivity index (χ1n) is 5.06. The first-order valence-corrected chi connectivity index (χ1v) is 5.06. The van der Waals surface area contributed by atoms with Crippen molar-refractivity contribution in [1.82, 2.24) is 9.97 Å². The van der Waals surface area contributed by atoms with Crippen LogP contribution in [0.5, 0.6) is 0 Å². The van der Waals surface area contributed by atoms with Crippen LogP contribution >= 0.6 is 0 Å². The number of rotatable bonds is 4. The maximum atomic E-state index is 5.84. The highest BCUT2D eigenvalue weighted by Crippen LogP contribution is 2.20. The Morgan fingerprint density at radius 2 is 2.18 bits per heavy atom. The van der Waals surface area contributed by atoms with Gasteiger partial charge < -0.3 is 10.6 Å². The van der Waals surface area contributed by atoms with E-state index in [1.165, 1.54) is 0 Å². The van der Waals surface area contributed by atoms with Crippen LogP contribution in [0.3, 0.4) is 0 Å². The van der Waals surface area contributed by atoms with Crippen molar-refractivity contribution in [3.63, 3.8) is 0 Å². The summed E-state index contributed by atoms with van der Waals surface area (Å²) in [5.74, 6) is 0. The van der Waals surface area contributed by atoms with Crippen molar-refractivity contribution < 1.29 is 4.84 Å². The van der Waals surface area contributed by atoms with Crippen LogP contribution in [0.15, 0.2) is 41.7 Å². The van der Waals surface area contributed by atoms with Gasteiger partial charge in [-0.3, -0.25) is 4.98 Å². The summed E-state index contributed by atoms with van der Waals surface area (Å²) in [6.07, 6.45) is 1.68. The molecule has 0 atom stereocenters. The molecule has 17 heavy (non-hydrogen) atoms. The number of nitrogens with two attached hydrogens (primary N) is 1. The van der Waals surface area contributed by atoms with Gasteiger partial charge in [0.2, 0.25) is 0 Å². The lowest BCUT2D eigenvalue weighted by atomic mass is 10.2. The summed E-state index contributed by atoms with van der Waals surface area (Å²) in [6.45, 7) is 3.52. The molecular weight excluding hydrogens is 216 g/mol. The Morgan fingerprint density at radius 1 is 1.29 bits per heavy atom. The molecule has 0 amide bonds.